The van der Waals surface area contributed by atoms with Crippen molar-refractivity contribution in [1.29, 1.82) is 0 Å². The Morgan fingerprint density at radius 3 is 2.75 bits per heavy atom. The second kappa shape index (κ2) is 10.5. The van der Waals surface area contributed by atoms with E-state index in [1.807, 2.05) is 12.1 Å². The predicted octanol–water partition coefficient (Wildman–Crippen LogP) is 4.37. The number of anilines is 2. The highest BCUT2D eigenvalue weighted by atomic mass is 35.5. The molecule has 1 atom stereocenters. The number of nitrogens with zero attached hydrogens (tertiary/aromatic N) is 2. The van der Waals surface area contributed by atoms with E-state index in [-0.39, 0.29) is 11.9 Å². The Labute approximate surface area is 194 Å². The molecular weight excluding hydrogens is 448 g/mol. The number of hydrogen-bond acceptors (Lipinski definition) is 6. The molecule has 0 spiro atoms. The van der Waals surface area contributed by atoms with E-state index >= 15 is 0 Å². The summed E-state index contributed by atoms with van der Waals surface area (Å²) in [6.45, 7) is 1.69. The van der Waals surface area contributed by atoms with Crippen molar-refractivity contribution in [2.24, 2.45) is 0 Å². The van der Waals surface area contributed by atoms with Crippen molar-refractivity contribution in [2.45, 2.75) is 25.3 Å². The van der Waals surface area contributed by atoms with Crippen molar-refractivity contribution >= 4 is 45.7 Å². The molecule has 3 heterocycles. The Hall–Kier alpha value is -3.01. The maximum Gasteiger partial charge on any atom is 0.325 e. The summed E-state index contributed by atoms with van der Waals surface area (Å²) in [5, 5.41) is 13.0. The highest BCUT2D eigenvalue weighted by Gasteiger charge is 2.22. The molecule has 8 nitrogen and oxygen atoms in total. The van der Waals surface area contributed by atoms with E-state index in [9.17, 15) is 9.59 Å². The van der Waals surface area contributed by atoms with Gasteiger partial charge in [-0.25, -0.2) is 9.78 Å². The zero-order valence-corrected chi connectivity index (χ0v) is 18.8. The minimum absolute atomic E-state index is 0.0464. The van der Waals surface area contributed by atoms with Crippen LogP contribution in [0.3, 0.4) is 0 Å². The van der Waals surface area contributed by atoms with Crippen molar-refractivity contribution in [2.75, 3.05) is 23.7 Å². The van der Waals surface area contributed by atoms with Gasteiger partial charge in [0.1, 0.15) is 5.00 Å². The third-order valence-electron chi connectivity index (χ3n) is 5.02. The van der Waals surface area contributed by atoms with Crippen LogP contribution in [0.1, 0.15) is 29.6 Å². The largest absolute Gasteiger partial charge is 0.348 e. The summed E-state index contributed by atoms with van der Waals surface area (Å²) in [6.07, 6.45) is 7.53. The van der Waals surface area contributed by atoms with Gasteiger partial charge in [-0.15, -0.1) is 11.3 Å². The van der Waals surface area contributed by atoms with E-state index in [0.29, 0.717) is 21.4 Å². The standard InChI is InChI=1S/C22H23ClN6O2S/c23-15-6-4-14(5-7-15)18-11-17(20(30)27-16-3-1-2-8-24-12-16)21(32-18)29-22(31)28-19-13-25-9-10-26-19/h4-7,9-11,13,16,24H,1-3,8,12H2,(H,27,30)(H2,26,28,29,31)/t16-/m0/s1. The number of carbonyl (C=O) groups excluding carboxylic acids is 2. The summed E-state index contributed by atoms with van der Waals surface area (Å²) in [5.41, 5.74) is 1.32. The van der Waals surface area contributed by atoms with Crippen LogP contribution in [0, 0.1) is 0 Å². The van der Waals surface area contributed by atoms with Crippen LogP contribution < -0.4 is 21.3 Å². The van der Waals surface area contributed by atoms with Gasteiger partial charge in [-0.3, -0.25) is 20.4 Å². The van der Waals surface area contributed by atoms with Gasteiger partial charge in [0.2, 0.25) is 0 Å². The summed E-state index contributed by atoms with van der Waals surface area (Å²) < 4.78 is 0. The van der Waals surface area contributed by atoms with Crippen LogP contribution in [0.25, 0.3) is 10.4 Å². The SMILES string of the molecule is O=C(Nc1cnccn1)Nc1sc(-c2ccc(Cl)cc2)cc1C(=O)N[C@H]1CCCCNC1. The average Bonchev–Trinajstić information content (AvgIpc) is 3.03. The van der Waals surface area contributed by atoms with Gasteiger partial charge in [0.05, 0.1) is 11.8 Å². The molecule has 2 aromatic heterocycles. The molecule has 0 aliphatic carbocycles. The Balaban J connectivity index is 1.56. The van der Waals surface area contributed by atoms with Crippen LogP contribution in [-0.4, -0.2) is 41.0 Å². The normalized spacial score (nSPS) is 16.1. The zero-order valence-electron chi connectivity index (χ0n) is 17.2. The van der Waals surface area contributed by atoms with Gasteiger partial charge in [-0.1, -0.05) is 30.2 Å². The summed E-state index contributed by atoms with van der Waals surface area (Å²) in [7, 11) is 0. The molecule has 32 heavy (non-hydrogen) atoms. The van der Waals surface area contributed by atoms with Gasteiger partial charge in [0, 0.05) is 34.9 Å². The fraction of sp³-hybridized carbons (Fsp3) is 0.273. The summed E-state index contributed by atoms with van der Waals surface area (Å²) >= 11 is 7.34. The first kappa shape index (κ1) is 22.2. The smallest absolute Gasteiger partial charge is 0.325 e. The monoisotopic (exact) mass is 470 g/mol. The first-order chi connectivity index (χ1) is 15.6. The number of carbonyl (C=O) groups is 2. The van der Waals surface area contributed by atoms with Crippen LogP contribution in [-0.2, 0) is 0 Å². The molecule has 10 heteroatoms. The molecule has 4 N–H and O–H groups in total. The minimum Gasteiger partial charge on any atom is -0.348 e. The Morgan fingerprint density at radius 2 is 1.97 bits per heavy atom. The summed E-state index contributed by atoms with van der Waals surface area (Å²) in [6, 6.07) is 8.70. The van der Waals surface area contributed by atoms with E-state index in [1.165, 1.54) is 29.9 Å². The Kier molecular flexibility index (Phi) is 7.31. The molecule has 4 rings (SSSR count). The van der Waals surface area contributed by atoms with Crippen LogP contribution in [0.5, 0.6) is 0 Å². The molecule has 1 saturated heterocycles. The molecule has 0 unspecified atom stereocenters. The second-order valence-electron chi connectivity index (χ2n) is 7.40. The first-order valence-corrected chi connectivity index (χ1v) is 11.5. The number of rotatable bonds is 5. The number of urea groups is 1. The van der Waals surface area contributed by atoms with E-state index in [1.54, 1.807) is 18.2 Å². The number of hydrogen-bond donors (Lipinski definition) is 4. The summed E-state index contributed by atoms with van der Waals surface area (Å²) in [4.78, 5) is 34.5. The second-order valence-corrected chi connectivity index (χ2v) is 8.89. The minimum atomic E-state index is -0.500. The summed E-state index contributed by atoms with van der Waals surface area (Å²) in [5.74, 6) is 0.0972. The number of amides is 3. The predicted molar refractivity (Wildman–Crippen MR) is 127 cm³/mol. The number of aromatic nitrogens is 2. The molecule has 1 fully saturated rings. The van der Waals surface area contributed by atoms with E-state index in [4.69, 9.17) is 11.6 Å². The van der Waals surface area contributed by atoms with Gasteiger partial charge >= 0.3 is 6.03 Å². The van der Waals surface area contributed by atoms with Crippen LogP contribution >= 0.6 is 22.9 Å². The Morgan fingerprint density at radius 1 is 1.12 bits per heavy atom. The molecule has 1 aliphatic heterocycles. The van der Waals surface area contributed by atoms with Gasteiger partial charge in [0.25, 0.3) is 5.91 Å². The number of nitrogens with one attached hydrogen (secondary N) is 4. The van der Waals surface area contributed by atoms with Crippen LogP contribution in [0.2, 0.25) is 5.02 Å². The van der Waals surface area contributed by atoms with E-state index in [2.05, 4.69) is 31.2 Å². The lowest BCUT2D eigenvalue weighted by molar-refractivity contribution is 0.0937. The molecule has 3 aromatic rings. The topological polar surface area (TPSA) is 108 Å². The first-order valence-electron chi connectivity index (χ1n) is 10.3. The molecule has 166 valence electrons. The zero-order chi connectivity index (χ0) is 22.3. The highest BCUT2D eigenvalue weighted by molar-refractivity contribution is 7.20. The van der Waals surface area contributed by atoms with E-state index in [0.717, 1.165) is 42.8 Å². The quantitative estimate of drug-likeness (QED) is 0.442. The lowest BCUT2D eigenvalue weighted by Crippen LogP contribution is -2.41. The van der Waals surface area contributed by atoms with Crippen molar-refractivity contribution in [1.82, 2.24) is 20.6 Å². The highest BCUT2D eigenvalue weighted by Crippen LogP contribution is 2.36. The van der Waals surface area contributed by atoms with Gasteiger partial charge < -0.3 is 10.6 Å². The third kappa shape index (κ3) is 5.82. The molecular formula is C22H23ClN6O2S. The molecule has 1 aliphatic rings. The molecule has 1 aromatic carbocycles. The lowest BCUT2D eigenvalue weighted by Gasteiger charge is -2.16. The number of benzene rings is 1. The number of halogens is 1. The average molecular weight is 471 g/mol. The van der Waals surface area contributed by atoms with Gasteiger partial charge in [0.15, 0.2) is 5.82 Å². The van der Waals surface area contributed by atoms with Gasteiger partial charge in [-0.2, -0.15) is 0 Å². The molecule has 0 radical (unpaired) electrons. The molecule has 0 bridgehead atoms. The van der Waals surface area contributed by atoms with E-state index < -0.39 is 6.03 Å². The van der Waals surface area contributed by atoms with Crippen molar-refractivity contribution in [3.05, 3.63) is 59.5 Å². The third-order valence-corrected chi connectivity index (χ3v) is 6.37. The van der Waals surface area contributed by atoms with Crippen LogP contribution in [0.4, 0.5) is 15.6 Å². The van der Waals surface area contributed by atoms with Gasteiger partial charge in [-0.05, 0) is 43.1 Å². The lowest BCUT2D eigenvalue weighted by atomic mass is 10.1. The molecule has 0 saturated carbocycles. The van der Waals surface area contributed by atoms with Crippen molar-refractivity contribution in [3.63, 3.8) is 0 Å². The molecule has 3 amide bonds. The van der Waals surface area contributed by atoms with Crippen molar-refractivity contribution in [3.8, 4) is 10.4 Å². The fourth-order valence-corrected chi connectivity index (χ4v) is 4.61. The van der Waals surface area contributed by atoms with Crippen molar-refractivity contribution < 1.29 is 9.59 Å². The maximum atomic E-state index is 13.1. The Bertz CT molecular complexity index is 1070. The van der Waals surface area contributed by atoms with Crippen LogP contribution in [0.15, 0.2) is 48.9 Å². The maximum absolute atomic E-state index is 13.1. The fourth-order valence-electron chi connectivity index (χ4n) is 3.43. The number of thiophene rings is 1.